The molecule has 8 heteroatoms. The summed E-state index contributed by atoms with van der Waals surface area (Å²) in [7, 11) is 0. The van der Waals surface area contributed by atoms with Crippen LogP contribution in [-0.2, 0) is 27.3 Å². The summed E-state index contributed by atoms with van der Waals surface area (Å²) in [6, 6.07) is 13.8. The van der Waals surface area contributed by atoms with E-state index in [2.05, 4.69) is 16.4 Å². The van der Waals surface area contributed by atoms with Crippen LogP contribution in [0.1, 0.15) is 11.1 Å². The Balaban J connectivity index is 1.05. The van der Waals surface area contributed by atoms with Gasteiger partial charge in [-0.2, -0.15) is 0 Å². The van der Waals surface area contributed by atoms with Crippen LogP contribution in [0.5, 0.6) is 11.5 Å². The van der Waals surface area contributed by atoms with E-state index in [1.807, 2.05) is 59.6 Å². The minimum absolute atomic E-state index is 0.0000733. The molecule has 0 radical (unpaired) electrons. The lowest BCUT2D eigenvalue weighted by Crippen LogP contribution is -2.44. The number of hydrogen-bond donors (Lipinski definition) is 2. The Kier molecular flexibility index (Phi) is 4.48. The molecule has 4 aliphatic heterocycles. The van der Waals surface area contributed by atoms with Crippen LogP contribution < -0.4 is 14.8 Å². The minimum atomic E-state index is -0.706. The number of aromatic nitrogens is 1. The third kappa shape index (κ3) is 3.16. The molecule has 2 aromatic carbocycles. The minimum Gasteiger partial charge on any atom is -0.454 e. The highest BCUT2D eigenvalue weighted by atomic mass is 16.7. The molecule has 8 nitrogen and oxygen atoms in total. The summed E-state index contributed by atoms with van der Waals surface area (Å²) in [5.74, 6) is 0.212. The third-order valence-electron chi connectivity index (χ3n) is 7.71. The van der Waals surface area contributed by atoms with Crippen molar-refractivity contribution >= 4 is 22.7 Å². The predicted molar refractivity (Wildman–Crippen MR) is 127 cm³/mol. The summed E-state index contributed by atoms with van der Waals surface area (Å²) in [5, 5.41) is 4.19. The van der Waals surface area contributed by atoms with Crippen molar-refractivity contribution in [2.45, 2.75) is 24.7 Å². The van der Waals surface area contributed by atoms with E-state index in [-0.39, 0.29) is 24.7 Å². The normalized spacial score (nSPS) is 27.7. The first kappa shape index (κ1) is 20.6. The maximum absolute atomic E-state index is 13.5. The van der Waals surface area contributed by atoms with Crippen molar-refractivity contribution in [1.29, 1.82) is 0 Å². The largest absolute Gasteiger partial charge is 0.454 e. The van der Waals surface area contributed by atoms with Gasteiger partial charge in [-0.1, -0.05) is 36.4 Å². The van der Waals surface area contributed by atoms with E-state index in [4.69, 9.17) is 14.2 Å². The fourth-order valence-corrected chi connectivity index (χ4v) is 6.02. The number of hydrogen-bond acceptors (Lipinski definition) is 5. The van der Waals surface area contributed by atoms with E-state index < -0.39 is 17.4 Å². The molecule has 2 saturated heterocycles. The smallest absolute Gasteiger partial charge is 0.231 e. The molecule has 1 spiro atoms. The second-order valence-corrected chi connectivity index (χ2v) is 9.67. The number of amides is 2. The number of carbonyl (C=O) groups is 2. The van der Waals surface area contributed by atoms with Gasteiger partial charge in [0.1, 0.15) is 5.60 Å². The summed E-state index contributed by atoms with van der Waals surface area (Å²) < 4.78 is 17.0. The molecule has 0 aliphatic carbocycles. The average Bonchev–Trinajstić information content (AvgIpc) is 3.68. The quantitative estimate of drug-likeness (QED) is 0.539. The molecule has 3 aromatic rings. The average molecular weight is 472 g/mol. The van der Waals surface area contributed by atoms with Crippen molar-refractivity contribution in [3.63, 3.8) is 0 Å². The number of aromatic amines is 1. The van der Waals surface area contributed by atoms with Gasteiger partial charge in [-0.25, -0.2) is 0 Å². The Morgan fingerprint density at radius 1 is 1.17 bits per heavy atom. The zero-order chi connectivity index (χ0) is 23.6. The van der Waals surface area contributed by atoms with Crippen molar-refractivity contribution in [1.82, 2.24) is 15.2 Å². The number of nitrogens with zero attached hydrogens (tertiary/aromatic N) is 1. The topological polar surface area (TPSA) is 92.9 Å². The molecule has 5 heterocycles. The molecule has 2 N–H and O–H groups in total. The second kappa shape index (κ2) is 7.61. The first-order valence-corrected chi connectivity index (χ1v) is 12.0. The summed E-state index contributed by atoms with van der Waals surface area (Å²) in [5.41, 5.74) is 2.48. The van der Waals surface area contributed by atoms with Gasteiger partial charge in [-0.05, 0) is 35.7 Å². The Bertz CT molecular complexity index is 1380. The van der Waals surface area contributed by atoms with E-state index in [1.54, 1.807) is 0 Å². The number of benzene rings is 2. The number of nitrogens with one attached hydrogen (secondary N) is 2. The van der Waals surface area contributed by atoms with Gasteiger partial charge in [-0.15, -0.1) is 0 Å². The first-order chi connectivity index (χ1) is 17.1. The molecule has 2 fully saturated rings. The van der Waals surface area contributed by atoms with E-state index >= 15 is 0 Å². The lowest BCUT2D eigenvalue weighted by Gasteiger charge is -2.23. The van der Waals surface area contributed by atoms with Crippen molar-refractivity contribution < 1.29 is 23.8 Å². The Morgan fingerprint density at radius 3 is 3.00 bits per heavy atom. The van der Waals surface area contributed by atoms with Gasteiger partial charge >= 0.3 is 0 Å². The van der Waals surface area contributed by atoms with Crippen LogP contribution in [0.15, 0.2) is 60.8 Å². The maximum Gasteiger partial charge on any atom is 0.231 e. The summed E-state index contributed by atoms with van der Waals surface area (Å²) in [6.45, 7) is 1.63. The number of para-hydroxylation sites is 1. The number of H-pyrrole nitrogens is 1. The molecule has 2 amide bonds. The summed E-state index contributed by atoms with van der Waals surface area (Å²) in [6.07, 6.45) is 6.33. The standard InChI is InChI=1S/C27H25N3O5/c31-25(29-12-16-5-6-20-22(11-16)34-15-33-20)23-21-7-9-27(35-21)14-30(26(32)24(23)27)10-8-17-13-28-19-4-2-1-3-18(17)19/h1-7,9,11,13,21,23-24,28H,8,10,12,14-15H2,(H,29,31)/t21-,23-,24+,27+/m0/s1. The van der Waals surface area contributed by atoms with Crippen LogP contribution >= 0.6 is 0 Å². The molecule has 0 unspecified atom stereocenters. The lowest BCUT2D eigenvalue weighted by atomic mass is 9.77. The Hall–Kier alpha value is -3.78. The number of rotatable bonds is 6. The Morgan fingerprint density at radius 2 is 2.06 bits per heavy atom. The van der Waals surface area contributed by atoms with Gasteiger partial charge in [0.25, 0.3) is 0 Å². The predicted octanol–water partition coefficient (Wildman–Crippen LogP) is 2.54. The van der Waals surface area contributed by atoms with Gasteiger partial charge in [-0.3, -0.25) is 9.59 Å². The van der Waals surface area contributed by atoms with Crippen molar-refractivity contribution in [3.8, 4) is 11.5 Å². The number of carbonyl (C=O) groups excluding carboxylic acids is 2. The Labute approximate surface area is 201 Å². The SMILES string of the molecule is O=C(NCc1ccc2c(c1)OCO2)[C@H]1[C@@H]2C=C[C@]3(CN(CCc4c[nH]c5ccccc45)C(=O)[C@@H]13)O2. The fraction of sp³-hybridized carbons (Fsp3) is 0.333. The molecule has 4 aliphatic rings. The zero-order valence-electron chi connectivity index (χ0n) is 19.0. The highest BCUT2D eigenvalue weighted by Gasteiger charge is 2.66. The van der Waals surface area contributed by atoms with Gasteiger partial charge in [0.15, 0.2) is 11.5 Å². The first-order valence-electron chi connectivity index (χ1n) is 12.0. The van der Waals surface area contributed by atoms with Crippen molar-refractivity contribution in [3.05, 3.63) is 71.9 Å². The van der Waals surface area contributed by atoms with E-state index in [1.165, 1.54) is 10.9 Å². The highest BCUT2D eigenvalue weighted by Crippen LogP contribution is 2.52. The molecule has 7 rings (SSSR count). The number of fused-ring (bicyclic) bond motifs is 3. The fourth-order valence-electron chi connectivity index (χ4n) is 6.02. The van der Waals surface area contributed by atoms with Crippen LogP contribution in [0.4, 0.5) is 0 Å². The maximum atomic E-state index is 13.5. The summed E-state index contributed by atoms with van der Waals surface area (Å²) in [4.78, 5) is 31.9. The van der Waals surface area contributed by atoms with E-state index in [0.29, 0.717) is 31.1 Å². The van der Waals surface area contributed by atoms with Gasteiger partial charge in [0.05, 0.1) is 24.5 Å². The van der Waals surface area contributed by atoms with Crippen LogP contribution in [0, 0.1) is 11.8 Å². The zero-order valence-corrected chi connectivity index (χ0v) is 19.0. The van der Waals surface area contributed by atoms with Gasteiger partial charge < -0.3 is 29.4 Å². The summed E-state index contributed by atoms with van der Waals surface area (Å²) >= 11 is 0. The molecule has 0 saturated carbocycles. The van der Waals surface area contributed by atoms with Crippen LogP contribution in [0.25, 0.3) is 10.9 Å². The molecule has 4 atom stereocenters. The van der Waals surface area contributed by atoms with Gasteiger partial charge in [0, 0.05) is 30.2 Å². The van der Waals surface area contributed by atoms with Crippen LogP contribution in [0.3, 0.4) is 0 Å². The monoisotopic (exact) mass is 471 g/mol. The molecular weight excluding hydrogens is 446 g/mol. The van der Waals surface area contributed by atoms with E-state index in [0.717, 1.165) is 17.5 Å². The number of ether oxygens (including phenoxy) is 3. The highest BCUT2D eigenvalue weighted by molar-refractivity contribution is 5.93. The lowest BCUT2D eigenvalue weighted by molar-refractivity contribution is -0.137. The van der Waals surface area contributed by atoms with E-state index in [9.17, 15) is 9.59 Å². The molecule has 178 valence electrons. The second-order valence-electron chi connectivity index (χ2n) is 9.67. The number of likely N-dealkylation sites (tertiary alicyclic amines) is 1. The molecule has 35 heavy (non-hydrogen) atoms. The van der Waals surface area contributed by atoms with Crippen LogP contribution in [0.2, 0.25) is 0 Å². The van der Waals surface area contributed by atoms with Crippen molar-refractivity contribution in [2.75, 3.05) is 19.9 Å². The molecule has 2 bridgehead atoms. The van der Waals surface area contributed by atoms with Crippen molar-refractivity contribution in [2.24, 2.45) is 11.8 Å². The molecular formula is C27H25N3O5. The van der Waals surface area contributed by atoms with Crippen LogP contribution in [-0.4, -0.2) is 53.3 Å². The third-order valence-corrected chi connectivity index (χ3v) is 7.71. The molecule has 1 aromatic heterocycles. The van der Waals surface area contributed by atoms with Gasteiger partial charge in [0.2, 0.25) is 18.6 Å².